The Balaban J connectivity index is 2.79. The molecule has 0 aliphatic carbocycles. The Morgan fingerprint density at radius 1 is 1.40 bits per heavy atom. The van der Waals surface area contributed by atoms with Crippen molar-refractivity contribution in [1.82, 2.24) is 0 Å². The van der Waals surface area contributed by atoms with Gasteiger partial charge in [0.05, 0.1) is 5.84 Å². The van der Waals surface area contributed by atoms with Crippen molar-refractivity contribution >= 4 is 17.6 Å². The van der Waals surface area contributed by atoms with Crippen LogP contribution in [0.15, 0.2) is 29.2 Å². The summed E-state index contributed by atoms with van der Waals surface area (Å²) in [5, 5.41) is 7.03. The zero-order valence-corrected chi connectivity index (χ0v) is 8.45. The minimum Gasteiger partial charge on any atom is -0.387 e. The molecule has 0 saturated carbocycles. The smallest absolute Gasteiger partial charge is 0.387 e. The number of alkyl halides is 3. The second-order valence-electron chi connectivity index (χ2n) is 2.90. The van der Waals surface area contributed by atoms with Gasteiger partial charge in [0.2, 0.25) is 0 Å². The summed E-state index contributed by atoms with van der Waals surface area (Å²) >= 11 is -0.169. The number of thioether (sulfide) groups is 1. The van der Waals surface area contributed by atoms with E-state index in [1.54, 1.807) is 6.07 Å². The van der Waals surface area contributed by atoms with Crippen molar-refractivity contribution < 1.29 is 13.2 Å². The monoisotopic (exact) mass is 234 g/mol. The molecular formula is C9H9F3N2S. The van der Waals surface area contributed by atoms with E-state index in [2.05, 4.69) is 0 Å². The quantitative estimate of drug-likeness (QED) is 0.480. The van der Waals surface area contributed by atoms with Crippen LogP contribution in [0, 0.1) is 5.41 Å². The van der Waals surface area contributed by atoms with Crippen LogP contribution in [0.5, 0.6) is 0 Å². The molecule has 3 N–H and O–H groups in total. The van der Waals surface area contributed by atoms with Crippen molar-refractivity contribution in [2.24, 2.45) is 5.73 Å². The molecule has 0 aliphatic rings. The highest BCUT2D eigenvalue weighted by molar-refractivity contribution is 8.00. The number of hydrogen-bond donors (Lipinski definition) is 2. The molecule has 6 heteroatoms. The van der Waals surface area contributed by atoms with Gasteiger partial charge in [-0.2, -0.15) is 13.2 Å². The van der Waals surface area contributed by atoms with Gasteiger partial charge in [-0.05, 0) is 29.5 Å². The molecule has 0 aliphatic heterocycles. The van der Waals surface area contributed by atoms with Crippen LogP contribution in [-0.4, -0.2) is 11.3 Å². The fourth-order valence-corrected chi connectivity index (χ4v) is 1.70. The zero-order valence-electron chi connectivity index (χ0n) is 7.64. The first-order valence-electron chi connectivity index (χ1n) is 4.04. The molecule has 1 aromatic rings. The van der Waals surface area contributed by atoms with Gasteiger partial charge in [0.1, 0.15) is 0 Å². The van der Waals surface area contributed by atoms with Gasteiger partial charge in [0, 0.05) is 11.3 Å². The fraction of sp³-hybridized carbons (Fsp3) is 0.222. The van der Waals surface area contributed by atoms with Crippen LogP contribution in [0.4, 0.5) is 13.2 Å². The van der Waals surface area contributed by atoms with Gasteiger partial charge in [-0.1, -0.05) is 12.1 Å². The third-order valence-corrected chi connectivity index (χ3v) is 2.25. The van der Waals surface area contributed by atoms with E-state index in [0.29, 0.717) is 5.56 Å². The van der Waals surface area contributed by atoms with E-state index in [1.165, 1.54) is 18.2 Å². The van der Waals surface area contributed by atoms with E-state index in [-0.39, 0.29) is 28.9 Å². The lowest BCUT2D eigenvalue weighted by Gasteiger charge is -2.06. The van der Waals surface area contributed by atoms with Crippen LogP contribution >= 0.6 is 11.8 Å². The summed E-state index contributed by atoms with van der Waals surface area (Å²) in [6.07, 6.45) is 0.173. The number of rotatable bonds is 3. The molecule has 0 saturated heterocycles. The molecule has 0 atom stereocenters. The Kier molecular flexibility index (Phi) is 3.62. The van der Waals surface area contributed by atoms with E-state index in [0.717, 1.165) is 0 Å². The Morgan fingerprint density at radius 3 is 2.60 bits per heavy atom. The average Bonchev–Trinajstić information content (AvgIpc) is 1.99. The first-order valence-corrected chi connectivity index (χ1v) is 4.86. The predicted molar refractivity (Wildman–Crippen MR) is 54.0 cm³/mol. The number of nitrogens with one attached hydrogen (secondary N) is 1. The number of amidine groups is 1. The largest absolute Gasteiger partial charge is 0.446 e. The van der Waals surface area contributed by atoms with Gasteiger partial charge >= 0.3 is 5.51 Å². The van der Waals surface area contributed by atoms with Crippen molar-refractivity contribution in [2.45, 2.75) is 16.8 Å². The normalized spacial score (nSPS) is 11.4. The maximum absolute atomic E-state index is 12.0. The molecule has 0 amide bonds. The van der Waals surface area contributed by atoms with E-state index in [4.69, 9.17) is 11.1 Å². The Labute approximate surface area is 89.2 Å². The highest BCUT2D eigenvalue weighted by Crippen LogP contribution is 2.36. The summed E-state index contributed by atoms with van der Waals surface area (Å²) < 4.78 is 36.1. The second kappa shape index (κ2) is 4.57. The lowest BCUT2D eigenvalue weighted by Crippen LogP contribution is -2.12. The molecule has 2 nitrogen and oxygen atoms in total. The lowest BCUT2D eigenvalue weighted by atomic mass is 10.1. The predicted octanol–water partition coefficient (Wildman–Crippen LogP) is 2.78. The number of halogens is 3. The minimum absolute atomic E-state index is 0.0656. The van der Waals surface area contributed by atoms with Crippen molar-refractivity contribution in [3.8, 4) is 0 Å². The van der Waals surface area contributed by atoms with Crippen LogP contribution in [0.25, 0.3) is 0 Å². The summed E-state index contributed by atoms with van der Waals surface area (Å²) in [6.45, 7) is 0. The van der Waals surface area contributed by atoms with Crippen LogP contribution in [0.1, 0.15) is 5.56 Å². The summed E-state index contributed by atoms with van der Waals surface area (Å²) in [7, 11) is 0. The standard InChI is InChI=1S/C9H9F3N2S/c10-9(11,12)15-7-3-1-2-6(4-7)5-8(13)14/h1-4H,5H2,(H3,13,14). The molecule has 0 spiro atoms. The lowest BCUT2D eigenvalue weighted by molar-refractivity contribution is -0.0328. The maximum atomic E-state index is 12.0. The molecule has 15 heavy (non-hydrogen) atoms. The molecular weight excluding hydrogens is 225 g/mol. The first-order chi connectivity index (χ1) is 6.87. The topological polar surface area (TPSA) is 49.9 Å². The molecule has 0 unspecified atom stereocenters. The SMILES string of the molecule is N=C(N)Cc1cccc(SC(F)(F)F)c1. The summed E-state index contributed by atoms with van der Waals surface area (Å²) in [4.78, 5) is 0.112. The van der Waals surface area contributed by atoms with Gasteiger partial charge in [0.25, 0.3) is 0 Å². The molecule has 0 bridgehead atoms. The van der Waals surface area contributed by atoms with E-state index in [9.17, 15) is 13.2 Å². The van der Waals surface area contributed by atoms with Crippen molar-refractivity contribution in [3.05, 3.63) is 29.8 Å². The molecule has 82 valence electrons. The maximum Gasteiger partial charge on any atom is 0.446 e. The fourth-order valence-electron chi connectivity index (χ4n) is 1.07. The highest BCUT2D eigenvalue weighted by atomic mass is 32.2. The molecule has 0 heterocycles. The average molecular weight is 234 g/mol. The van der Waals surface area contributed by atoms with Gasteiger partial charge in [-0.3, -0.25) is 5.41 Å². The highest BCUT2D eigenvalue weighted by Gasteiger charge is 2.29. The molecule has 0 fully saturated rings. The van der Waals surface area contributed by atoms with Crippen LogP contribution in [0.3, 0.4) is 0 Å². The van der Waals surface area contributed by atoms with Gasteiger partial charge in [-0.15, -0.1) is 0 Å². The number of benzene rings is 1. The van der Waals surface area contributed by atoms with Crippen LogP contribution in [0.2, 0.25) is 0 Å². The van der Waals surface area contributed by atoms with Crippen molar-refractivity contribution in [1.29, 1.82) is 5.41 Å². The third-order valence-electron chi connectivity index (χ3n) is 1.53. The summed E-state index contributed by atoms with van der Waals surface area (Å²) in [5.74, 6) is -0.0656. The van der Waals surface area contributed by atoms with Gasteiger partial charge in [0.15, 0.2) is 0 Å². The van der Waals surface area contributed by atoms with E-state index in [1.807, 2.05) is 0 Å². The Morgan fingerprint density at radius 2 is 2.07 bits per heavy atom. The Hall–Kier alpha value is -1.17. The number of hydrogen-bond acceptors (Lipinski definition) is 2. The Bertz CT molecular complexity index is 363. The molecule has 1 aromatic carbocycles. The molecule has 1 rings (SSSR count). The van der Waals surface area contributed by atoms with E-state index < -0.39 is 5.51 Å². The van der Waals surface area contributed by atoms with Crippen molar-refractivity contribution in [3.63, 3.8) is 0 Å². The third kappa shape index (κ3) is 4.73. The van der Waals surface area contributed by atoms with E-state index >= 15 is 0 Å². The van der Waals surface area contributed by atoms with Crippen LogP contribution in [-0.2, 0) is 6.42 Å². The van der Waals surface area contributed by atoms with Crippen molar-refractivity contribution in [2.75, 3.05) is 0 Å². The summed E-state index contributed by atoms with van der Waals surface area (Å²) in [6, 6.07) is 5.93. The van der Waals surface area contributed by atoms with Gasteiger partial charge < -0.3 is 5.73 Å². The van der Waals surface area contributed by atoms with Gasteiger partial charge in [-0.25, -0.2) is 0 Å². The van der Waals surface area contributed by atoms with Crippen LogP contribution < -0.4 is 5.73 Å². The minimum atomic E-state index is -4.28. The number of nitrogens with two attached hydrogens (primary N) is 1. The summed E-state index contributed by atoms with van der Waals surface area (Å²) in [5.41, 5.74) is 1.48. The second-order valence-corrected chi connectivity index (χ2v) is 4.04. The zero-order chi connectivity index (χ0) is 11.5. The molecule has 0 radical (unpaired) electrons. The first kappa shape index (κ1) is 11.9. The molecule has 0 aromatic heterocycles.